The number of rotatable bonds is 4. The van der Waals surface area contributed by atoms with Crippen LogP contribution in [0, 0.1) is 5.92 Å². The zero-order chi connectivity index (χ0) is 12.3. The summed E-state index contributed by atoms with van der Waals surface area (Å²) in [4.78, 5) is 12.3. The van der Waals surface area contributed by atoms with Crippen molar-refractivity contribution in [2.75, 3.05) is 25.7 Å². The number of ketones is 1. The number of Topliss-reactive ketones (excluding diaryl/α,β-unsaturated/α-hetero) is 1. The largest absolute Gasteiger partial charge is 0.497 e. The number of hydrogen-bond donors (Lipinski definition) is 0. The summed E-state index contributed by atoms with van der Waals surface area (Å²) in [5, 5.41) is 0. The molecule has 4 heteroatoms. The fraction of sp³-hybridized carbons (Fsp3) is 0.462. The fourth-order valence-corrected chi connectivity index (χ4v) is 3.15. The van der Waals surface area contributed by atoms with Crippen LogP contribution in [0.1, 0.15) is 16.8 Å². The van der Waals surface area contributed by atoms with Gasteiger partial charge in [0.1, 0.15) is 11.5 Å². The molecule has 1 heterocycles. The molecule has 0 spiro atoms. The summed E-state index contributed by atoms with van der Waals surface area (Å²) in [6.07, 6.45) is 0.975. The van der Waals surface area contributed by atoms with E-state index in [9.17, 15) is 4.79 Å². The van der Waals surface area contributed by atoms with Gasteiger partial charge in [0.15, 0.2) is 5.78 Å². The molecule has 1 unspecified atom stereocenters. The molecule has 0 amide bonds. The number of carbonyl (C=O) groups excluding carboxylic acids is 1. The summed E-state index contributed by atoms with van der Waals surface area (Å²) in [6, 6.07) is 5.35. The fourth-order valence-electron chi connectivity index (χ4n) is 1.93. The zero-order valence-electron chi connectivity index (χ0n) is 10.1. The van der Waals surface area contributed by atoms with Crippen molar-refractivity contribution < 1.29 is 14.3 Å². The van der Waals surface area contributed by atoms with Gasteiger partial charge in [-0.25, -0.2) is 0 Å². The van der Waals surface area contributed by atoms with Gasteiger partial charge < -0.3 is 9.47 Å². The minimum absolute atomic E-state index is 0.150. The Morgan fingerprint density at radius 1 is 1.24 bits per heavy atom. The Hall–Kier alpha value is -1.16. The molecule has 1 saturated heterocycles. The summed E-state index contributed by atoms with van der Waals surface area (Å²) >= 11 is 1.84. The van der Waals surface area contributed by atoms with Gasteiger partial charge >= 0.3 is 0 Å². The van der Waals surface area contributed by atoms with Crippen LogP contribution < -0.4 is 9.47 Å². The second-order valence-electron chi connectivity index (χ2n) is 4.03. The first-order valence-electron chi connectivity index (χ1n) is 5.59. The molecule has 1 aliphatic rings. The molecular formula is C13H16O3S. The van der Waals surface area contributed by atoms with E-state index < -0.39 is 0 Å². The molecule has 1 atom stereocenters. The first-order valence-corrected chi connectivity index (χ1v) is 6.75. The van der Waals surface area contributed by atoms with Crippen molar-refractivity contribution in [3.63, 3.8) is 0 Å². The average Bonchev–Trinajstić information content (AvgIpc) is 2.91. The normalized spacial score (nSPS) is 19.1. The maximum absolute atomic E-state index is 12.3. The highest BCUT2D eigenvalue weighted by Gasteiger charge is 2.25. The molecule has 3 nitrogen and oxygen atoms in total. The number of hydrogen-bond acceptors (Lipinski definition) is 4. The lowest BCUT2D eigenvalue weighted by Gasteiger charge is -2.10. The number of carbonyl (C=O) groups is 1. The Labute approximate surface area is 105 Å². The van der Waals surface area contributed by atoms with Gasteiger partial charge in [-0.2, -0.15) is 11.8 Å². The predicted molar refractivity (Wildman–Crippen MR) is 69.3 cm³/mol. The molecule has 1 aromatic carbocycles. The minimum atomic E-state index is 0.150. The molecule has 1 aliphatic heterocycles. The van der Waals surface area contributed by atoms with E-state index in [1.807, 2.05) is 11.8 Å². The van der Waals surface area contributed by atoms with Crippen molar-refractivity contribution in [3.8, 4) is 11.5 Å². The molecule has 2 rings (SSSR count). The molecule has 17 heavy (non-hydrogen) atoms. The molecule has 0 aromatic heterocycles. The standard InChI is InChI=1S/C13H16O3S/c1-15-11-5-10(6-12(7-11)16-2)13(14)9-3-4-17-8-9/h5-7,9H,3-4,8H2,1-2H3. The van der Waals surface area contributed by atoms with E-state index in [4.69, 9.17) is 9.47 Å². The Kier molecular flexibility index (Phi) is 3.94. The zero-order valence-corrected chi connectivity index (χ0v) is 10.9. The maximum atomic E-state index is 12.3. The van der Waals surface area contributed by atoms with E-state index >= 15 is 0 Å². The second kappa shape index (κ2) is 5.45. The monoisotopic (exact) mass is 252 g/mol. The van der Waals surface area contributed by atoms with E-state index in [0.29, 0.717) is 17.1 Å². The van der Waals surface area contributed by atoms with E-state index in [0.717, 1.165) is 17.9 Å². The summed E-state index contributed by atoms with van der Waals surface area (Å²) < 4.78 is 10.3. The van der Waals surface area contributed by atoms with E-state index in [-0.39, 0.29) is 11.7 Å². The second-order valence-corrected chi connectivity index (χ2v) is 5.18. The van der Waals surface area contributed by atoms with Crippen LogP contribution in [0.2, 0.25) is 0 Å². The van der Waals surface area contributed by atoms with Gasteiger partial charge in [-0.3, -0.25) is 4.79 Å². The Balaban J connectivity index is 2.26. The molecule has 0 N–H and O–H groups in total. The predicted octanol–water partition coefficient (Wildman–Crippen LogP) is 2.64. The first-order chi connectivity index (χ1) is 8.24. The van der Waals surface area contributed by atoms with Crippen molar-refractivity contribution in [3.05, 3.63) is 23.8 Å². The summed E-state index contributed by atoms with van der Waals surface area (Å²) in [6.45, 7) is 0. The van der Waals surface area contributed by atoms with Crippen LogP contribution in [0.25, 0.3) is 0 Å². The van der Waals surface area contributed by atoms with Crippen LogP contribution in [0.3, 0.4) is 0 Å². The van der Waals surface area contributed by atoms with Crippen LogP contribution >= 0.6 is 11.8 Å². The van der Waals surface area contributed by atoms with Crippen molar-refractivity contribution in [1.82, 2.24) is 0 Å². The summed E-state index contributed by atoms with van der Waals surface area (Å²) in [5.74, 6) is 3.69. The van der Waals surface area contributed by atoms with E-state index in [1.165, 1.54) is 0 Å². The van der Waals surface area contributed by atoms with Crippen LogP contribution in [0.15, 0.2) is 18.2 Å². The van der Waals surface area contributed by atoms with Gasteiger partial charge in [0, 0.05) is 23.3 Å². The van der Waals surface area contributed by atoms with Gasteiger partial charge in [0.2, 0.25) is 0 Å². The Morgan fingerprint density at radius 3 is 2.35 bits per heavy atom. The van der Waals surface area contributed by atoms with Gasteiger partial charge in [-0.1, -0.05) is 0 Å². The minimum Gasteiger partial charge on any atom is -0.497 e. The quantitative estimate of drug-likeness (QED) is 0.772. The van der Waals surface area contributed by atoms with Crippen molar-refractivity contribution >= 4 is 17.5 Å². The molecular weight excluding hydrogens is 236 g/mol. The van der Waals surface area contributed by atoms with Crippen LogP contribution in [-0.4, -0.2) is 31.5 Å². The third-order valence-corrected chi connectivity index (χ3v) is 4.10. The van der Waals surface area contributed by atoms with Crippen LogP contribution in [0.4, 0.5) is 0 Å². The third kappa shape index (κ3) is 2.75. The molecule has 1 aromatic rings. The Bertz CT molecular complexity index is 389. The number of methoxy groups -OCH3 is 2. The highest BCUT2D eigenvalue weighted by Crippen LogP contribution is 2.29. The van der Waals surface area contributed by atoms with E-state index in [2.05, 4.69) is 0 Å². The van der Waals surface area contributed by atoms with Gasteiger partial charge in [0.05, 0.1) is 14.2 Å². The Morgan fingerprint density at radius 2 is 1.88 bits per heavy atom. The van der Waals surface area contributed by atoms with Crippen LogP contribution in [-0.2, 0) is 0 Å². The lowest BCUT2D eigenvalue weighted by Crippen LogP contribution is -2.14. The van der Waals surface area contributed by atoms with Crippen LogP contribution in [0.5, 0.6) is 11.5 Å². The summed E-state index contributed by atoms with van der Waals surface area (Å²) in [5.41, 5.74) is 0.689. The summed E-state index contributed by atoms with van der Waals surface area (Å²) in [7, 11) is 3.18. The lowest BCUT2D eigenvalue weighted by molar-refractivity contribution is 0.0933. The highest BCUT2D eigenvalue weighted by atomic mass is 32.2. The highest BCUT2D eigenvalue weighted by molar-refractivity contribution is 7.99. The number of ether oxygens (including phenoxy) is 2. The van der Waals surface area contributed by atoms with Gasteiger partial charge in [-0.15, -0.1) is 0 Å². The molecule has 0 bridgehead atoms. The smallest absolute Gasteiger partial charge is 0.167 e. The van der Waals surface area contributed by atoms with Crippen molar-refractivity contribution in [2.24, 2.45) is 5.92 Å². The van der Waals surface area contributed by atoms with Gasteiger partial charge in [-0.05, 0) is 24.3 Å². The lowest BCUT2D eigenvalue weighted by atomic mass is 9.97. The molecule has 0 aliphatic carbocycles. The van der Waals surface area contributed by atoms with Gasteiger partial charge in [0.25, 0.3) is 0 Å². The topological polar surface area (TPSA) is 35.5 Å². The molecule has 1 fully saturated rings. The van der Waals surface area contributed by atoms with Crippen molar-refractivity contribution in [1.29, 1.82) is 0 Å². The maximum Gasteiger partial charge on any atom is 0.167 e. The molecule has 0 radical (unpaired) electrons. The number of thioether (sulfide) groups is 1. The SMILES string of the molecule is COc1cc(OC)cc(C(=O)C2CCSC2)c1. The molecule has 0 saturated carbocycles. The third-order valence-electron chi connectivity index (χ3n) is 2.94. The van der Waals surface area contributed by atoms with Crippen molar-refractivity contribution in [2.45, 2.75) is 6.42 Å². The first kappa shape index (κ1) is 12.3. The number of benzene rings is 1. The van der Waals surface area contributed by atoms with E-state index in [1.54, 1.807) is 32.4 Å². The average molecular weight is 252 g/mol. The molecule has 92 valence electrons.